The van der Waals surface area contributed by atoms with E-state index in [1.54, 1.807) is 12.4 Å². The Kier molecular flexibility index (Phi) is 3.08. The van der Waals surface area contributed by atoms with Gasteiger partial charge in [-0.2, -0.15) is 9.40 Å². The molecule has 0 saturated carbocycles. The molecule has 1 fully saturated rings. The summed E-state index contributed by atoms with van der Waals surface area (Å²) in [6, 6.07) is 5.09. The first-order valence-corrected chi connectivity index (χ1v) is 7.55. The van der Waals surface area contributed by atoms with Crippen LogP contribution in [0, 0.1) is 0 Å². The molecule has 0 spiro atoms. The zero-order chi connectivity index (χ0) is 13.3. The predicted molar refractivity (Wildman–Crippen MR) is 68.7 cm³/mol. The normalized spacial score (nSPS) is 20.7. The summed E-state index contributed by atoms with van der Waals surface area (Å²) in [7, 11) is -3.51. The van der Waals surface area contributed by atoms with E-state index in [2.05, 4.69) is 15.2 Å². The highest BCUT2D eigenvalue weighted by Gasteiger charge is 2.36. The number of hydrogen-bond acceptors (Lipinski definition) is 4. The monoisotopic (exact) mass is 278 g/mol. The van der Waals surface area contributed by atoms with Crippen LogP contribution in [0.4, 0.5) is 0 Å². The molecule has 2 aromatic rings. The third-order valence-electron chi connectivity index (χ3n) is 3.33. The van der Waals surface area contributed by atoms with Crippen LogP contribution in [0.1, 0.15) is 24.4 Å². The van der Waals surface area contributed by atoms with E-state index in [4.69, 9.17) is 0 Å². The third kappa shape index (κ3) is 2.15. The van der Waals surface area contributed by atoms with Gasteiger partial charge < -0.3 is 0 Å². The topological polar surface area (TPSA) is 79.0 Å². The van der Waals surface area contributed by atoms with Crippen LogP contribution >= 0.6 is 0 Å². The number of aromatic amines is 1. The van der Waals surface area contributed by atoms with Crippen LogP contribution in [0.3, 0.4) is 0 Å². The van der Waals surface area contributed by atoms with Crippen LogP contribution in [-0.4, -0.2) is 34.4 Å². The SMILES string of the molecule is O=S(=O)(c1ccn[nH]1)N1CCCC1c1cccnc1. The minimum absolute atomic E-state index is 0.137. The Morgan fingerprint density at radius 1 is 1.32 bits per heavy atom. The molecule has 3 heterocycles. The van der Waals surface area contributed by atoms with Crippen molar-refractivity contribution in [2.45, 2.75) is 23.9 Å². The van der Waals surface area contributed by atoms with E-state index in [9.17, 15) is 8.42 Å². The van der Waals surface area contributed by atoms with Gasteiger partial charge in [0.25, 0.3) is 10.0 Å². The molecule has 0 amide bonds. The van der Waals surface area contributed by atoms with Gasteiger partial charge in [0.05, 0.1) is 12.2 Å². The van der Waals surface area contributed by atoms with Gasteiger partial charge >= 0.3 is 0 Å². The molecule has 1 atom stereocenters. The lowest BCUT2D eigenvalue weighted by molar-refractivity contribution is 0.394. The lowest BCUT2D eigenvalue weighted by Crippen LogP contribution is -2.31. The Morgan fingerprint density at radius 2 is 2.21 bits per heavy atom. The molecule has 0 bridgehead atoms. The van der Waals surface area contributed by atoms with Gasteiger partial charge in [0.2, 0.25) is 0 Å². The molecule has 1 unspecified atom stereocenters. The summed E-state index contributed by atoms with van der Waals surface area (Å²) < 4.78 is 26.6. The van der Waals surface area contributed by atoms with E-state index in [-0.39, 0.29) is 11.1 Å². The number of nitrogens with zero attached hydrogens (tertiary/aromatic N) is 3. The number of sulfonamides is 1. The Morgan fingerprint density at radius 3 is 2.89 bits per heavy atom. The smallest absolute Gasteiger partial charge is 0.260 e. The molecule has 0 radical (unpaired) electrons. The van der Waals surface area contributed by atoms with Crippen LogP contribution < -0.4 is 0 Å². The summed E-state index contributed by atoms with van der Waals surface area (Å²) in [6.07, 6.45) is 6.53. The summed E-state index contributed by atoms with van der Waals surface area (Å²) in [5, 5.41) is 6.39. The van der Waals surface area contributed by atoms with Crippen LogP contribution in [0.15, 0.2) is 41.8 Å². The Bertz CT molecular complexity index is 640. The van der Waals surface area contributed by atoms with Crippen molar-refractivity contribution in [3.05, 3.63) is 42.4 Å². The zero-order valence-electron chi connectivity index (χ0n) is 10.2. The predicted octanol–water partition coefficient (Wildman–Crippen LogP) is 1.33. The minimum atomic E-state index is -3.51. The van der Waals surface area contributed by atoms with Crippen molar-refractivity contribution >= 4 is 10.0 Å². The Labute approximate surface area is 111 Å². The summed E-state index contributed by atoms with van der Waals surface area (Å²) in [4.78, 5) is 4.07. The maximum atomic E-state index is 12.5. The highest BCUT2D eigenvalue weighted by Crippen LogP contribution is 2.35. The number of pyridine rings is 1. The molecule has 1 N–H and O–H groups in total. The third-order valence-corrected chi connectivity index (χ3v) is 5.17. The van der Waals surface area contributed by atoms with Gasteiger partial charge in [0.1, 0.15) is 0 Å². The van der Waals surface area contributed by atoms with Crippen LogP contribution in [0.2, 0.25) is 0 Å². The first kappa shape index (κ1) is 12.3. The van der Waals surface area contributed by atoms with E-state index in [1.165, 1.54) is 16.6 Å². The fourth-order valence-electron chi connectivity index (χ4n) is 2.45. The molecule has 19 heavy (non-hydrogen) atoms. The highest BCUT2D eigenvalue weighted by atomic mass is 32.2. The van der Waals surface area contributed by atoms with E-state index in [1.807, 2.05) is 12.1 Å². The van der Waals surface area contributed by atoms with Gasteiger partial charge in [0, 0.05) is 18.9 Å². The summed E-state index contributed by atoms with van der Waals surface area (Å²) in [6.45, 7) is 0.529. The van der Waals surface area contributed by atoms with Crippen molar-refractivity contribution in [1.29, 1.82) is 0 Å². The fraction of sp³-hybridized carbons (Fsp3) is 0.333. The number of hydrogen-bond donors (Lipinski definition) is 1. The van der Waals surface area contributed by atoms with E-state index in [0.717, 1.165) is 18.4 Å². The molecule has 0 aromatic carbocycles. The molecule has 3 rings (SSSR count). The largest absolute Gasteiger partial charge is 0.266 e. The van der Waals surface area contributed by atoms with Gasteiger partial charge in [-0.1, -0.05) is 6.07 Å². The first-order chi connectivity index (χ1) is 9.19. The summed E-state index contributed by atoms with van der Waals surface area (Å²) >= 11 is 0. The Hall–Kier alpha value is -1.73. The molecule has 0 aliphatic carbocycles. The lowest BCUT2D eigenvalue weighted by atomic mass is 10.1. The molecule has 1 aliphatic heterocycles. The van der Waals surface area contributed by atoms with Crippen molar-refractivity contribution < 1.29 is 8.42 Å². The van der Waals surface area contributed by atoms with Crippen molar-refractivity contribution in [2.75, 3.05) is 6.54 Å². The van der Waals surface area contributed by atoms with Gasteiger partial charge in [-0.3, -0.25) is 10.1 Å². The first-order valence-electron chi connectivity index (χ1n) is 6.11. The fourth-order valence-corrected chi connectivity index (χ4v) is 4.03. The molecule has 1 saturated heterocycles. The lowest BCUT2D eigenvalue weighted by Gasteiger charge is -2.23. The van der Waals surface area contributed by atoms with E-state index in [0.29, 0.717) is 6.54 Å². The second kappa shape index (κ2) is 4.75. The summed E-state index contributed by atoms with van der Waals surface area (Å²) in [5.41, 5.74) is 0.933. The average Bonchev–Trinajstić information content (AvgIpc) is 3.11. The van der Waals surface area contributed by atoms with Crippen molar-refractivity contribution in [3.63, 3.8) is 0 Å². The number of H-pyrrole nitrogens is 1. The molecule has 7 heteroatoms. The van der Waals surface area contributed by atoms with Crippen LogP contribution in [0.5, 0.6) is 0 Å². The molecule has 2 aromatic heterocycles. The molecular weight excluding hydrogens is 264 g/mol. The van der Waals surface area contributed by atoms with E-state index < -0.39 is 10.0 Å². The number of aromatic nitrogens is 3. The Balaban J connectivity index is 1.97. The maximum absolute atomic E-state index is 12.5. The molecular formula is C12H14N4O2S. The maximum Gasteiger partial charge on any atom is 0.260 e. The zero-order valence-corrected chi connectivity index (χ0v) is 11.0. The quantitative estimate of drug-likeness (QED) is 0.918. The van der Waals surface area contributed by atoms with Crippen LogP contribution in [-0.2, 0) is 10.0 Å². The average molecular weight is 278 g/mol. The highest BCUT2D eigenvalue weighted by molar-refractivity contribution is 7.89. The molecule has 1 aliphatic rings. The molecule has 100 valence electrons. The molecule has 6 nitrogen and oxygen atoms in total. The summed E-state index contributed by atoms with van der Waals surface area (Å²) in [5.74, 6) is 0. The van der Waals surface area contributed by atoms with Crippen molar-refractivity contribution in [1.82, 2.24) is 19.5 Å². The van der Waals surface area contributed by atoms with Crippen LogP contribution in [0.25, 0.3) is 0 Å². The van der Waals surface area contributed by atoms with Gasteiger partial charge in [0.15, 0.2) is 5.03 Å². The van der Waals surface area contributed by atoms with Gasteiger partial charge in [-0.25, -0.2) is 8.42 Å². The van der Waals surface area contributed by atoms with E-state index >= 15 is 0 Å². The standard InChI is InChI=1S/C12H14N4O2S/c17-19(18,12-5-7-14-15-12)16-8-2-4-11(16)10-3-1-6-13-9-10/h1,3,5-7,9,11H,2,4,8H2,(H,14,15). The van der Waals surface area contributed by atoms with Crippen molar-refractivity contribution in [3.8, 4) is 0 Å². The number of nitrogens with one attached hydrogen (secondary N) is 1. The second-order valence-electron chi connectivity index (χ2n) is 4.48. The van der Waals surface area contributed by atoms with Gasteiger partial charge in [-0.15, -0.1) is 0 Å². The van der Waals surface area contributed by atoms with Crippen molar-refractivity contribution in [2.24, 2.45) is 0 Å². The number of rotatable bonds is 3. The minimum Gasteiger partial charge on any atom is -0.266 e. The van der Waals surface area contributed by atoms with Gasteiger partial charge in [-0.05, 0) is 30.5 Å². The second-order valence-corrected chi connectivity index (χ2v) is 6.34.